The van der Waals surface area contributed by atoms with Crippen molar-refractivity contribution < 1.29 is 24.2 Å². The minimum atomic E-state index is -1.01. The summed E-state index contributed by atoms with van der Waals surface area (Å²) in [6.07, 6.45) is 3.23. The number of carboxylic acids is 1. The van der Waals surface area contributed by atoms with Crippen molar-refractivity contribution in [1.82, 2.24) is 4.90 Å². The van der Waals surface area contributed by atoms with E-state index in [1.54, 1.807) is 0 Å². The maximum absolute atomic E-state index is 12.1. The highest BCUT2D eigenvalue weighted by atomic mass is 16.5. The Hall–Kier alpha value is -1.14. The van der Waals surface area contributed by atoms with Gasteiger partial charge in [-0.05, 0) is 19.3 Å². The first-order chi connectivity index (χ1) is 8.68. The number of ether oxygens (including phenoxy) is 2. The van der Waals surface area contributed by atoms with E-state index >= 15 is 0 Å². The molecule has 0 bridgehead atoms. The van der Waals surface area contributed by atoms with Crippen LogP contribution >= 0.6 is 0 Å². The number of carboxylic acid groups (broad SMARTS) is 1. The van der Waals surface area contributed by atoms with E-state index in [2.05, 4.69) is 0 Å². The second-order valence-corrected chi connectivity index (χ2v) is 4.71. The van der Waals surface area contributed by atoms with E-state index in [-0.39, 0.29) is 25.0 Å². The molecule has 0 aromatic rings. The van der Waals surface area contributed by atoms with Gasteiger partial charge in [-0.2, -0.15) is 0 Å². The lowest BCUT2D eigenvalue weighted by Crippen LogP contribution is -2.53. The van der Waals surface area contributed by atoms with E-state index < -0.39 is 12.0 Å². The number of aliphatic carboxylic acids is 1. The van der Waals surface area contributed by atoms with Crippen LogP contribution in [-0.4, -0.2) is 60.4 Å². The molecule has 1 amide bonds. The zero-order valence-electron chi connectivity index (χ0n) is 10.3. The summed E-state index contributed by atoms with van der Waals surface area (Å²) >= 11 is 0. The monoisotopic (exact) mass is 257 g/mol. The molecule has 6 heteroatoms. The van der Waals surface area contributed by atoms with Crippen molar-refractivity contribution >= 4 is 11.9 Å². The lowest BCUT2D eigenvalue weighted by molar-refractivity contribution is -0.159. The van der Waals surface area contributed by atoms with Gasteiger partial charge in [0, 0.05) is 13.2 Å². The van der Waals surface area contributed by atoms with Gasteiger partial charge in [0.25, 0.3) is 0 Å². The summed E-state index contributed by atoms with van der Waals surface area (Å²) in [4.78, 5) is 24.6. The Labute approximate surface area is 106 Å². The summed E-state index contributed by atoms with van der Waals surface area (Å²) in [5.74, 6) is -1.15. The van der Waals surface area contributed by atoms with Gasteiger partial charge in [-0.25, -0.2) is 4.79 Å². The summed E-state index contributed by atoms with van der Waals surface area (Å²) in [7, 11) is 0. The SMILES string of the molecule is O=C(O)[C@H]1COCCN1C(=O)C[C@@H]1CCCCO1. The van der Waals surface area contributed by atoms with Gasteiger partial charge < -0.3 is 19.5 Å². The third-order valence-electron chi connectivity index (χ3n) is 3.41. The molecule has 2 saturated heterocycles. The predicted octanol–water partition coefficient (Wildman–Crippen LogP) is 0.258. The smallest absolute Gasteiger partial charge is 0.328 e. The van der Waals surface area contributed by atoms with Gasteiger partial charge >= 0.3 is 5.97 Å². The Morgan fingerprint density at radius 2 is 2.11 bits per heavy atom. The third kappa shape index (κ3) is 3.20. The molecule has 0 aromatic carbocycles. The van der Waals surface area contributed by atoms with Crippen LogP contribution in [0.1, 0.15) is 25.7 Å². The molecular formula is C12H19NO5. The highest BCUT2D eigenvalue weighted by molar-refractivity contribution is 5.84. The quantitative estimate of drug-likeness (QED) is 0.784. The molecule has 0 aliphatic carbocycles. The fourth-order valence-corrected chi connectivity index (χ4v) is 2.39. The maximum Gasteiger partial charge on any atom is 0.328 e. The Morgan fingerprint density at radius 1 is 1.28 bits per heavy atom. The first-order valence-corrected chi connectivity index (χ1v) is 6.40. The van der Waals surface area contributed by atoms with Crippen LogP contribution in [0.15, 0.2) is 0 Å². The molecule has 0 spiro atoms. The normalized spacial score (nSPS) is 29.0. The minimum Gasteiger partial charge on any atom is -0.480 e. The van der Waals surface area contributed by atoms with E-state index in [0.29, 0.717) is 19.8 Å². The van der Waals surface area contributed by atoms with Crippen LogP contribution in [0.5, 0.6) is 0 Å². The van der Waals surface area contributed by atoms with Crippen molar-refractivity contribution in [2.24, 2.45) is 0 Å². The molecular weight excluding hydrogens is 238 g/mol. The van der Waals surface area contributed by atoms with Crippen molar-refractivity contribution in [2.75, 3.05) is 26.4 Å². The van der Waals surface area contributed by atoms with Gasteiger partial charge in [0.15, 0.2) is 6.04 Å². The topological polar surface area (TPSA) is 76.1 Å². The largest absolute Gasteiger partial charge is 0.480 e. The lowest BCUT2D eigenvalue weighted by atomic mass is 10.0. The Kier molecular flexibility index (Phi) is 4.54. The molecule has 2 atom stereocenters. The van der Waals surface area contributed by atoms with E-state index in [9.17, 15) is 9.59 Å². The fraction of sp³-hybridized carbons (Fsp3) is 0.833. The second-order valence-electron chi connectivity index (χ2n) is 4.71. The first kappa shape index (κ1) is 13.3. The van der Waals surface area contributed by atoms with Crippen molar-refractivity contribution in [1.29, 1.82) is 0 Å². The van der Waals surface area contributed by atoms with E-state index in [0.717, 1.165) is 19.3 Å². The number of rotatable bonds is 3. The molecule has 0 aromatic heterocycles. The Balaban J connectivity index is 1.91. The van der Waals surface area contributed by atoms with Crippen LogP contribution in [0.4, 0.5) is 0 Å². The van der Waals surface area contributed by atoms with E-state index in [4.69, 9.17) is 14.6 Å². The van der Waals surface area contributed by atoms with Crippen LogP contribution in [0, 0.1) is 0 Å². The standard InChI is InChI=1S/C12H19NO5/c14-11(7-9-3-1-2-5-18-9)13-4-6-17-8-10(13)12(15)16/h9-10H,1-8H2,(H,15,16)/t9-,10+/m0/s1. The summed E-state index contributed by atoms with van der Waals surface area (Å²) in [6.45, 7) is 1.53. The van der Waals surface area contributed by atoms with Crippen molar-refractivity contribution in [2.45, 2.75) is 37.8 Å². The highest BCUT2D eigenvalue weighted by Crippen LogP contribution is 2.18. The molecule has 0 saturated carbocycles. The van der Waals surface area contributed by atoms with Crippen molar-refractivity contribution in [3.05, 3.63) is 0 Å². The maximum atomic E-state index is 12.1. The molecule has 2 heterocycles. The molecule has 2 fully saturated rings. The minimum absolute atomic E-state index is 0.0523. The number of amides is 1. The first-order valence-electron chi connectivity index (χ1n) is 6.40. The van der Waals surface area contributed by atoms with E-state index in [1.807, 2.05) is 0 Å². The van der Waals surface area contributed by atoms with Gasteiger partial charge in [-0.15, -0.1) is 0 Å². The molecule has 102 valence electrons. The molecule has 2 aliphatic rings. The summed E-state index contributed by atoms with van der Waals surface area (Å²) in [5.41, 5.74) is 0. The summed E-state index contributed by atoms with van der Waals surface area (Å²) in [5, 5.41) is 9.06. The van der Waals surface area contributed by atoms with E-state index in [1.165, 1.54) is 4.90 Å². The number of hydrogen-bond donors (Lipinski definition) is 1. The number of morpholine rings is 1. The van der Waals surface area contributed by atoms with Crippen LogP contribution in [0.3, 0.4) is 0 Å². The number of hydrogen-bond acceptors (Lipinski definition) is 4. The fourth-order valence-electron chi connectivity index (χ4n) is 2.39. The summed E-state index contributed by atoms with van der Waals surface area (Å²) in [6, 6.07) is -0.852. The second kappa shape index (κ2) is 6.15. The Bertz CT molecular complexity index is 314. The van der Waals surface area contributed by atoms with Crippen molar-refractivity contribution in [3.8, 4) is 0 Å². The lowest BCUT2D eigenvalue weighted by Gasteiger charge is -2.34. The molecule has 0 unspecified atom stereocenters. The molecule has 6 nitrogen and oxygen atoms in total. The third-order valence-corrected chi connectivity index (χ3v) is 3.41. The van der Waals surface area contributed by atoms with Crippen LogP contribution in [-0.2, 0) is 19.1 Å². The van der Waals surface area contributed by atoms with Crippen LogP contribution < -0.4 is 0 Å². The zero-order chi connectivity index (χ0) is 13.0. The van der Waals surface area contributed by atoms with Gasteiger partial charge in [0.2, 0.25) is 5.91 Å². The highest BCUT2D eigenvalue weighted by Gasteiger charge is 2.33. The van der Waals surface area contributed by atoms with Gasteiger partial charge in [-0.3, -0.25) is 4.79 Å². The summed E-state index contributed by atoms with van der Waals surface area (Å²) < 4.78 is 10.6. The zero-order valence-corrected chi connectivity index (χ0v) is 10.3. The van der Waals surface area contributed by atoms with Crippen LogP contribution in [0.2, 0.25) is 0 Å². The molecule has 0 radical (unpaired) electrons. The number of nitrogens with zero attached hydrogens (tertiary/aromatic N) is 1. The Morgan fingerprint density at radius 3 is 2.78 bits per heavy atom. The molecule has 2 rings (SSSR count). The van der Waals surface area contributed by atoms with Gasteiger partial charge in [0.05, 0.1) is 25.7 Å². The number of carbonyl (C=O) groups is 2. The number of carbonyl (C=O) groups excluding carboxylic acids is 1. The average molecular weight is 257 g/mol. The average Bonchev–Trinajstić information content (AvgIpc) is 2.40. The molecule has 1 N–H and O–H groups in total. The van der Waals surface area contributed by atoms with Crippen molar-refractivity contribution in [3.63, 3.8) is 0 Å². The van der Waals surface area contributed by atoms with Gasteiger partial charge in [0.1, 0.15) is 0 Å². The molecule has 2 aliphatic heterocycles. The predicted molar refractivity (Wildman–Crippen MR) is 62.2 cm³/mol. The molecule has 18 heavy (non-hydrogen) atoms. The van der Waals surface area contributed by atoms with Crippen LogP contribution in [0.25, 0.3) is 0 Å². The van der Waals surface area contributed by atoms with Gasteiger partial charge in [-0.1, -0.05) is 0 Å².